The highest BCUT2D eigenvalue weighted by atomic mass is 16.4. The molecular weight excluding hydrogens is 222 g/mol. The lowest BCUT2D eigenvalue weighted by atomic mass is 10.0. The number of hydrogen-bond acceptors (Lipinski definition) is 7. The number of carbonyl (C=O) groups is 1. The molecule has 0 saturated heterocycles. The van der Waals surface area contributed by atoms with Crippen molar-refractivity contribution in [3.63, 3.8) is 0 Å². The molecular formula is C7H15N3O6. The Labute approximate surface area is 90.8 Å². The molecule has 0 heterocycles. The van der Waals surface area contributed by atoms with Crippen LogP contribution in [0.2, 0.25) is 0 Å². The topological polar surface area (TPSA) is 169 Å². The summed E-state index contributed by atoms with van der Waals surface area (Å²) in [5.74, 6) is 0. The molecule has 0 aromatic rings. The van der Waals surface area contributed by atoms with Crippen LogP contribution in [0.5, 0.6) is 0 Å². The Morgan fingerprint density at radius 1 is 1.31 bits per heavy atom. The van der Waals surface area contributed by atoms with Crippen molar-refractivity contribution < 1.29 is 30.3 Å². The molecule has 0 bridgehead atoms. The Balaban J connectivity index is 4.21. The van der Waals surface area contributed by atoms with Crippen molar-refractivity contribution in [2.24, 2.45) is 10.8 Å². The van der Waals surface area contributed by atoms with E-state index in [1.165, 1.54) is 0 Å². The molecule has 8 N–H and O–H groups in total. The molecule has 0 aliphatic heterocycles. The lowest BCUT2D eigenvalue weighted by Gasteiger charge is -2.23. The van der Waals surface area contributed by atoms with Gasteiger partial charge in [0.05, 0.1) is 12.8 Å². The standard InChI is InChI=1S/C7H15N3O6/c8-7(16)10-9-1-3(12)5(14)6(15)4(13)2-11/h1,3-6,11-15H,2H2,(H3,8,10,16)/b9-1+/t3-,4+,5-,6+/m1/s1. The second kappa shape index (κ2) is 7.09. The maximum atomic E-state index is 10.2. The number of aliphatic hydroxyl groups excluding tert-OH is 5. The third kappa shape index (κ3) is 5.00. The Bertz CT molecular complexity index is 248. The van der Waals surface area contributed by atoms with Gasteiger partial charge in [-0.25, -0.2) is 10.2 Å². The highest BCUT2D eigenvalue weighted by molar-refractivity contribution is 5.73. The minimum Gasteiger partial charge on any atom is -0.394 e. The van der Waals surface area contributed by atoms with Crippen molar-refractivity contribution in [2.45, 2.75) is 24.4 Å². The second-order valence-corrected chi connectivity index (χ2v) is 2.98. The number of aliphatic hydroxyl groups is 5. The third-order valence-electron chi connectivity index (χ3n) is 1.68. The summed E-state index contributed by atoms with van der Waals surface area (Å²) in [6.07, 6.45) is -6.03. The van der Waals surface area contributed by atoms with E-state index in [0.29, 0.717) is 6.21 Å². The Kier molecular flexibility index (Phi) is 6.53. The van der Waals surface area contributed by atoms with Crippen LogP contribution in [0.4, 0.5) is 4.79 Å². The minimum atomic E-state index is -1.76. The number of urea groups is 1. The smallest absolute Gasteiger partial charge is 0.332 e. The van der Waals surface area contributed by atoms with Crippen LogP contribution in [-0.2, 0) is 0 Å². The molecule has 16 heavy (non-hydrogen) atoms. The number of rotatable bonds is 6. The summed E-state index contributed by atoms with van der Waals surface area (Å²) in [5.41, 5.74) is 6.41. The molecule has 0 aromatic heterocycles. The van der Waals surface area contributed by atoms with Crippen LogP contribution in [0.15, 0.2) is 5.10 Å². The molecule has 0 rings (SSSR count). The number of nitrogens with one attached hydrogen (secondary N) is 1. The van der Waals surface area contributed by atoms with E-state index < -0.39 is 37.1 Å². The van der Waals surface area contributed by atoms with E-state index in [2.05, 4.69) is 10.8 Å². The predicted molar refractivity (Wildman–Crippen MR) is 52.3 cm³/mol. The first-order valence-corrected chi connectivity index (χ1v) is 4.32. The summed E-state index contributed by atoms with van der Waals surface area (Å²) >= 11 is 0. The molecule has 94 valence electrons. The second-order valence-electron chi connectivity index (χ2n) is 2.98. The van der Waals surface area contributed by atoms with E-state index in [1.54, 1.807) is 5.43 Å². The first-order chi connectivity index (χ1) is 7.40. The summed E-state index contributed by atoms with van der Waals surface area (Å²) in [5, 5.41) is 48.2. The van der Waals surface area contributed by atoms with Crippen molar-refractivity contribution in [3.8, 4) is 0 Å². The molecule has 9 heteroatoms. The van der Waals surface area contributed by atoms with E-state index >= 15 is 0 Å². The molecule has 2 amide bonds. The van der Waals surface area contributed by atoms with Crippen LogP contribution in [-0.4, -0.2) is 68.8 Å². The number of nitrogens with zero attached hydrogens (tertiary/aromatic N) is 1. The number of carbonyl (C=O) groups excluding carboxylic acids is 1. The van der Waals surface area contributed by atoms with Gasteiger partial charge in [-0.1, -0.05) is 0 Å². The quantitative estimate of drug-likeness (QED) is 0.184. The Morgan fingerprint density at radius 3 is 2.31 bits per heavy atom. The molecule has 0 aromatic carbocycles. The zero-order valence-electron chi connectivity index (χ0n) is 8.26. The maximum Gasteiger partial charge on any atom is 0.332 e. The molecule has 0 unspecified atom stereocenters. The van der Waals surface area contributed by atoms with Gasteiger partial charge in [-0.2, -0.15) is 5.10 Å². The van der Waals surface area contributed by atoms with E-state index in [9.17, 15) is 20.1 Å². The van der Waals surface area contributed by atoms with Crippen LogP contribution in [0.25, 0.3) is 0 Å². The molecule has 0 aliphatic rings. The highest BCUT2D eigenvalue weighted by Gasteiger charge is 2.29. The number of nitrogens with two attached hydrogens (primary N) is 1. The van der Waals surface area contributed by atoms with E-state index in [-0.39, 0.29) is 0 Å². The van der Waals surface area contributed by atoms with Crippen LogP contribution in [0, 0.1) is 0 Å². The van der Waals surface area contributed by atoms with Crippen molar-refractivity contribution >= 4 is 12.2 Å². The Morgan fingerprint density at radius 2 is 1.88 bits per heavy atom. The number of primary amides is 1. The summed E-state index contributed by atoms with van der Waals surface area (Å²) in [4.78, 5) is 10.2. The van der Waals surface area contributed by atoms with Gasteiger partial charge in [0, 0.05) is 0 Å². The van der Waals surface area contributed by atoms with Crippen molar-refractivity contribution in [3.05, 3.63) is 0 Å². The number of amides is 2. The lowest BCUT2D eigenvalue weighted by Crippen LogP contribution is -2.46. The monoisotopic (exact) mass is 237 g/mol. The zero-order chi connectivity index (χ0) is 12.7. The third-order valence-corrected chi connectivity index (χ3v) is 1.68. The van der Waals surface area contributed by atoms with Gasteiger partial charge >= 0.3 is 6.03 Å². The van der Waals surface area contributed by atoms with Crippen LogP contribution in [0.3, 0.4) is 0 Å². The van der Waals surface area contributed by atoms with Crippen molar-refractivity contribution in [1.29, 1.82) is 0 Å². The average molecular weight is 237 g/mol. The first kappa shape index (κ1) is 14.7. The minimum absolute atomic E-state index is 0.711. The van der Waals surface area contributed by atoms with Crippen LogP contribution in [0.1, 0.15) is 0 Å². The summed E-state index contributed by atoms with van der Waals surface area (Å²) in [6.45, 7) is -0.776. The van der Waals surface area contributed by atoms with Crippen molar-refractivity contribution in [2.75, 3.05) is 6.61 Å². The molecule has 0 radical (unpaired) electrons. The van der Waals surface area contributed by atoms with Gasteiger partial charge in [0.2, 0.25) is 0 Å². The number of hydrazone groups is 1. The van der Waals surface area contributed by atoms with Gasteiger partial charge in [0.15, 0.2) is 0 Å². The molecule has 0 saturated carbocycles. The molecule has 0 spiro atoms. The largest absolute Gasteiger partial charge is 0.394 e. The van der Waals surface area contributed by atoms with Gasteiger partial charge in [0.1, 0.15) is 24.4 Å². The predicted octanol–water partition coefficient (Wildman–Crippen LogP) is -3.92. The highest BCUT2D eigenvalue weighted by Crippen LogP contribution is 2.03. The number of hydrogen-bond donors (Lipinski definition) is 7. The van der Waals surface area contributed by atoms with Gasteiger partial charge < -0.3 is 31.3 Å². The maximum absolute atomic E-state index is 10.2. The average Bonchev–Trinajstić information content (AvgIpc) is 2.25. The molecule has 0 fully saturated rings. The van der Waals surface area contributed by atoms with Crippen LogP contribution >= 0.6 is 0 Å². The summed E-state index contributed by atoms with van der Waals surface area (Å²) in [6, 6.07) is -0.964. The normalized spacial score (nSPS) is 19.1. The molecule has 4 atom stereocenters. The SMILES string of the molecule is NC(=O)N/N=C/[C@@H](O)[C@@H](O)[C@@H](O)[C@@H](O)CO. The van der Waals surface area contributed by atoms with E-state index in [0.717, 1.165) is 0 Å². The Hall–Kier alpha value is -1.26. The fourth-order valence-electron chi connectivity index (χ4n) is 0.803. The lowest BCUT2D eigenvalue weighted by molar-refractivity contribution is -0.0999. The first-order valence-electron chi connectivity index (χ1n) is 4.32. The summed E-state index contributed by atoms with van der Waals surface area (Å²) < 4.78 is 0. The van der Waals surface area contributed by atoms with Crippen molar-refractivity contribution in [1.82, 2.24) is 5.43 Å². The molecule has 9 nitrogen and oxygen atoms in total. The molecule has 0 aliphatic carbocycles. The van der Waals surface area contributed by atoms with E-state index in [4.69, 9.17) is 10.2 Å². The van der Waals surface area contributed by atoms with Gasteiger partial charge in [-0.05, 0) is 0 Å². The fraction of sp³-hybridized carbons (Fsp3) is 0.714. The van der Waals surface area contributed by atoms with Gasteiger partial charge in [-0.15, -0.1) is 0 Å². The van der Waals surface area contributed by atoms with Gasteiger partial charge in [-0.3, -0.25) is 0 Å². The zero-order valence-corrected chi connectivity index (χ0v) is 8.26. The summed E-state index contributed by atoms with van der Waals surface area (Å²) in [7, 11) is 0. The van der Waals surface area contributed by atoms with Crippen LogP contribution < -0.4 is 11.2 Å². The van der Waals surface area contributed by atoms with Gasteiger partial charge in [0.25, 0.3) is 0 Å². The fourth-order valence-corrected chi connectivity index (χ4v) is 0.803. The van der Waals surface area contributed by atoms with E-state index in [1.807, 2.05) is 0 Å².